The van der Waals surface area contributed by atoms with Crippen LogP contribution in [0.5, 0.6) is 5.88 Å². The van der Waals surface area contributed by atoms with E-state index < -0.39 is 15.6 Å². The number of fused-ring (bicyclic) bond motifs is 1. The summed E-state index contributed by atoms with van der Waals surface area (Å²) < 4.78 is 37.4. The van der Waals surface area contributed by atoms with Gasteiger partial charge < -0.3 is 19.5 Å². The molecule has 0 bridgehead atoms. The van der Waals surface area contributed by atoms with Crippen molar-refractivity contribution in [1.29, 1.82) is 0 Å². The maximum absolute atomic E-state index is 12.0. The Bertz CT molecular complexity index is 1280. The SMILES string of the molecule is COc1ncc(C2=NC(N3CCOCC3)=NC3C(CN4CC(C(C)(C)O)C4)=C(C)BC23)cc1NS(C)(=O)=O. The molecule has 5 heterocycles. The van der Waals surface area contributed by atoms with Crippen LogP contribution in [-0.2, 0) is 14.8 Å². The fourth-order valence-corrected chi connectivity index (χ4v) is 6.21. The zero-order chi connectivity index (χ0) is 27.2. The summed E-state index contributed by atoms with van der Waals surface area (Å²) in [4.78, 5) is 19.2. The lowest BCUT2D eigenvalue weighted by atomic mass is 9.59. The highest BCUT2D eigenvalue weighted by Gasteiger charge is 2.44. The number of hydrogen-bond acceptors (Lipinski definition) is 10. The van der Waals surface area contributed by atoms with Gasteiger partial charge in [-0.2, -0.15) is 0 Å². The Kier molecular flexibility index (Phi) is 7.31. The first kappa shape index (κ1) is 27.1. The summed E-state index contributed by atoms with van der Waals surface area (Å²) in [5.41, 5.74) is 3.81. The minimum absolute atomic E-state index is 0.0300. The predicted molar refractivity (Wildman–Crippen MR) is 149 cm³/mol. The number of guanidine groups is 1. The van der Waals surface area contributed by atoms with E-state index in [1.807, 2.05) is 13.8 Å². The van der Waals surface area contributed by atoms with E-state index in [1.54, 1.807) is 12.3 Å². The van der Waals surface area contributed by atoms with E-state index >= 15 is 0 Å². The third-order valence-corrected chi connectivity index (χ3v) is 8.51. The molecule has 1 aromatic heterocycles. The second-order valence-electron chi connectivity index (χ2n) is 11.3. The maximum atomic E-state index is 12.0. The van der Waals surface area contributed by atoms with Gasteiger partial charge in [0.2, 0.25) is 21.9 Å². The molecule has 38 heavy (non-hydrogen) atoms. The maximum Gasteiger partial charge on any atom is 0.238 e. The fourth-order valence-electron chi connectivity index (χ4n) is 5.66. The molecule has 0 amide bonds. The number of aliphatic hydroxyl groups is 1. The molecule has 2 atom stereocenters. The molecule has 13 heteroatoms. The van der Waals surface area contributed by atoms with Crippen molar-refractivity contribution < 1.29 is 23.0 Å². The van der Waals surface area contributed by atoms with Gasteiger partial charge in [0.1, 0.15) is 5.69 Å². The average molecular weight is 544 g/mol. The van der Waals surface area contributed by atoms with E-state index in [2.05, 4.69) is 26.4 Å². The van der Waals surface area contributed by atoms with Gasteiger partial charge in [0.15, 0.2) is 7.28 Å². The Morgan fingerprint density at radius 3 is 2.63 bits per heavy atom. The lowest BCUT2D eigenvalue weighted by Crippen LogP contribution is -2.56. The number of anilines is 1. The van der Waals surface area contributed by atoms with Crippen LogP contribution in [0.4, 0.5) is 5.69 Å². The quantitative estimate of drug-likeness (QED) is 0.476. The molecule has 11 nitrogen and oxygen atoms in total. The third-order valence-electron chi connectivity index (χ3n) is 7.92. The lowest BCUT2D eigenvalue weighted by molar-refractivity contribution is -0.0588. The van der Waals surface area contributed by atoms with Crippen molar-refractivity contribution in [3.05, 3.63) is 28.9 Å². The van der Waals surface area contributed by atoms with Gasteiger partial charge in [-0.3, -0.25) is 9.62 Å². The number of ether oxygens (including phenoxy) is 2. The van der Waals surface area contributed by atoms with Gasteiger partial charge in [-0.15, -0.1) is 5.47 Å². The average Bonchev–Trinajstić information content (AvgIpc) is 3.14. The molecule has 0 radical (unpaired) electrons. The van der Waals surface area contributed by atoms with Crippen molar-refractivity contribution in [2.45, 2.75) is 38.2 Å². The van der Waals surface area contributed by atoms with Crippen LogP contribution >= 0.6 is 0 Å². The molecular formula is C25H37BN6O5S. The van der Waals surface area contributed by atoms with Gasteiger partial charge in [-0.1, -0.05) is 6.92 Å². The van der Waals surface area contributed by atoms with Crippen LogP contribution in [0, 0.1) is 5.92 Å². The van der Waals surface area contributed by atoms with Gasteiger partial charge in [0, 0.05) is 56.2 Å². The van der Waals surface area contributed by atoms with E-state index in [9.17, 15) is 13.5 Å². The molecule has 4 aliphatic rings. The summed E-state index contributed by atoms with van der Waals surface area (Å²) in [6, 6.07) is 1.69. The first-order chi connectivity index (χ1) is 17.9. The van der Waals surface area contributed by atoms with E-state index in [-0.39, 0.29) is 29.3 Å². The molecule has 2 saturated heterocycles. The summed E-state index contributed by atoms with van der Waals surface area (Å²) in [7, 11) is -1.25. The Labute approximate surface area is 225 Å². The topological polar surface area (TPSA) is 129 Å². The van der Waals surface area contributed by atoms with Gasteiger partial charge in [0.25, 0.3) is 0 Å². The number of allylic oxidation sites excluding steroid dienone is 1. The van der Waals surface area contributed by atoms with Crippen molar-refractivity contribution in [3.8, 4) is 5.88 Å². The minimum Gasteiger partial charge on any atom is -0.480 e. The highest BCUT2D eigenvalue weighted by atomic mass is 32.2. The van der Waals surface area contributed by atoms with E-state index in [4.69, 9.17) is 19.5 Å². The molecule has 0 saturated carbocycles. The number of morpholine rings is 1. The minimum atomic E-state index is -3.53. The lowest BCUT2D eigenvalue weighted by Gasteiger charge is -2.46. The van der Waals surface area contributed by atoms with Gasteiger partial charge in [0.05, 0.1) is 43.9 Å². The van der Waals surface area contributed by atoms with Crippen LogP contribution in [0.1, 0.15) is 26.3 Å². The van der Waals surface area contributed by atoms with Crippen LogP contribution in [0.15, 0.2) is 33.3 Å². The Morgan fingerprint density at radius 2 is 2.00 bits per heavy atom. The number of sulfonamides is 1. The second kappa shape index (κ2) is 10.3. The molecule has 1 aromatic rings. The molecule has 206 valence electrons. The summed E-state index contributed by atoms with van der Waals surface area (Å²) >= 11 is 0. The van der Waals surface area contributed by atoms with Crippen LogP contribution in [0.25, 0.3) is 0 Å². The molecule has 2 fully saturated rings. The number of nitrogens with zero attached hydrogens (tertiary/aromatic N) is 5. The zero-order valence-corrected chi connectivity index (χ0v) is 23.6. The molecule has 5 rings (SSSR count). The van der Waals surface area contributed by atoms with Crippen molar-refractivity contribution in [1.82, 2.24) is 14.8 Å². The number of aromatic nitrogens is 1. The second-order valence-corrected chi connectivity index (χ2v) is 13.0. The zero-order valence-electron chi connectivity index (χ0n) is 22.8. The summed E-state index contributed by atoms with van der Waals surface area (Å²) in [6.45, 7) is 11.1. The highest BCUT2D eigenvalue weighted by molar-refractivity contribution is 7.92. The van der Waals surface area contributed by atoms with E-state index in [1.165, 1.54) is 18.2 Å². The number of nitrogens with one attached hydrogen (secondary N) is 1. The molecule has 0 aromatic carbocycles. The first-order valence-corrected chi connectivity index (χ1v) is 15.0. The van der Waals surface area contributed by atoms with Crippen molar-refractivity contribution in [3.63, 3.8) is 0 Å². The smallest absolute Gasteiger partial charge is 0.238 e. The Hall–Kier alpha value is -2.48. The summed E-state index contributed by atoms with van der Waals surface area (Å²) in [5.74, 6) is 1.18. The highest BCUT2D eigenvalue weighted by Crippen LogP contribution is 2.40. The van der Waals surface area contributed by atoms with E-state index in [0.717, 1.165) is 44.4 Å². The molecule has 2 N–H and O–H groups in total. The monoisotopic (exact) mass is 544 g/mol. The van der Waals surface area contributed by atoms with Gasteiger partial charge >= 0.3 is 0 Å². The van der Waals surface area contributed by atoms with Crippen LogP contribution in [-0.4, -0.2) is 118 Å². The van der Waals surface area contributed by atoms with E-state index in [0.29, 0.717) is 32.3 Å². The predicted octanol–water partition coefficient (Wildman–Crippen LogP) is 0.537. The van der Waals surface area contributed by atoms with Crippen molar-refractivity contribution >= 4 is 34.7 Å². The molecule has 0 spiro atoms. The molecule has 2 unspecified atom stereocenters. The number of likely N-dealkylation sites (tertiary alicyclic amines) is 1. The third kappa shape index (κ3) is 5.61. The number of rotatable bonds is 7. The number of methoxy groups -OCH3 is 1. The van der Waals surface area contributed by atoms with Crippen molar-refractivity contribution in [2.24, 2.45) is 15.9 Å². The van der Waals surface area contributed by atoms with Crippen LogP contribution in [0.2, 0.25) is 5.82 Å². The number of pyridine rings is 1. The first-order valence-electron chi connectivity index (χ1n) is 13.1. The van der Waals surface area contributed by atoms with Crippen molar-refractivity contribution in [2.75, 3.05) is 64.0 Å². The summed E-state index contributed by atoms with van der Waals surface area (Å²) in [6.07, 6.45) is 2.80. The van der Waals surface area contributed by atoms with Gasteiger partial charge in [-0.05, 0) is 25.5 Å². The Balaban J connectivity index is 1.47. The number of aliphatic imine (C=N–C) groups is 2. The molecule has 0 aliphatic carbocycles. The number of hydrogen-bond donors (Lipinski definition) is 2. The van der Waals surface area contributed by atoms with Crippen LogP contribution in [0.3, 0.4) is 0 Å². The van der Waals surface area contributed by atoms with Crippen LogP contribution < -0.4 is 9.46 Å². The largest absolute Gasteiger partial charge is 0.480 e. The Morgan fingerprint density at radius 1 is 1.29 bits per heavy atom. The molecular weight excluding hydrogens is 507 g/mol. The normalized spacial score (nSPS) is 24.8. The van der Waals surface area contributed by atoms with Gasteiger partial charge in [-0.25, -0.2) is 23.4 Å². The summed E-state index contributed by atoms with van der Waals surface area (Å²) in [5, 5.41) is 10.4. The fraction of sp³-hybridized carbons (Fsp3) is 0.640. The molecule has 4 aliphatic heterocycles. The standard InChI is InChI=1S/C25H37BN6O5S/c1-15-18(14-31-12-17(13-31)25(2,3)33)22-20(26-15)21(28-24(29-22)32-6-8-37-9-7-32)16-10-19(30-38(5,34)35)23(36-4)27-11-16/h10-11,17,20,22,26,30,33H,6-9,12-14H2,1-5H3.